The van der Waals surface area contributed by atoms with Crippen molar-refractivity contribution in [1.29, 1.82) is 0 Å². The maximum Gasteiger partial charge on any atom is 0.272 e. The Bertz CT molecular complexity index is 834. The van der Waals surface area contributed by atoms with Crippen LogP contribution in [0.2, 0.25) is 0 Å². The number of carbonyl (C=O) groups excluding carboxylic acids is 1. The van der Waals surface area contributed by atoms with Crippen molar-refractivity contribution in [2.24, 2.45) is 0 Å². The Labute approximate surface area is 175 Å². The molecule has 1 heterocycles. The summed E-state index contributed by atoms with van der Waals surface area (Å²) in [5.41, 5.74) is 0.887. The predicted octanol–water partition coefficient (Wildman–Crippen LogP) is 3.59. The summed E-state index contributed by atoms with van der Waals surface area (Å²) in [5.74, 6) is 1.47. The van der Waals surface area contributed by atoms with E-state index in [0.717, 1.165) is 5.56 Å². The standard InChI is InChI=1S/C21H27F2N3O4/c1-5-28-17-11-15(9-10-16(17)30-14(2)21(27)26(3)4)12-24-19-7-6-8-20(25-19)29-13-18(22)23/h6-11,14,18H,5,12-13H2,1-4H3,(H,24,25). The van der Waals surface area contributed by atoms with Gasteiger partial charge in [-0.15, -0.1) is 0 Å². The molecular formula is C21H27F2N3O4. The first-order valence-electron chi connectivity index (χ1n) is 9.55. The van der Waals surface area contributed by atoms with Gasteiger partial charge in [0, 0.05) is 26.7 Å². The zero-order valence-electron chi connectivity index (χ0n) is 17.5. The SMILES string of the molecule is CCOc1cc(CNc2cccc(OCC(F)F)n2)ccc1OC(C)C(=O)N(C)C. The van der Waals surface area contributed by atoms with Crippen LogP contribution in [0.25, 0.3) is 0 Å². The number of alkyl halides is 2. The summed E-state index contributed by atoms with van der Waals surface area (Å²) in [4.78, 5) is 17.7. The van der Waals surface area contributed by atoms with Gasteiger partial charge in [-0.2, -0.15) is 4.98 Å². The number of halogens is 2. The average Bonchev–Trinajstić information content (AvgIpc) is 2.72. The smallest absolute Gasteiger partial charge is 0.272 e. The first-order valence-corrected chi connectivity index (χ1v) is 9.55. The second-order valence-corrected chi connectivity index (χ2v) is 6.62. The minimum Gasteiger partial charge on any atom is -0.490 e. The van der Waals surface area contributed by atoms with E-state index < -0.39 is 19.1 Å². The molecule has 0 radical (unpaired) electrons. The number of hydrogen-bond acceptors (Lipinski definition) is 6. The molecule has 0 bridgehead atoms. The van der Waals surface area contributed by atoms with Crippen molar-refractivity contribution in [2.75, 3.05) is 32.6 Å². The third-order valence-corrected chi connectivity index (χ3v) is 3.95. The second kappa shape index (κ2) is 11.2. The lowest BCUT2D eigenvalue weighted by molar-refractivity contribution is -0.135. The molecule has 0 saturated heterocycles. The Balaban J connectivity index is 2.05. The molecule has 1 unspecified atom stereocenters. The van der Waals surface area contributed by atoms with Crippen molar-refractivity contribution in [3.05, 3.63) is 42.0 Å². The zero-order valence-corrected chi connectivity index (χ0v) is 17.5. The van der Waals surface area contributed by atoms with E-state index in [4.69, 9.17) is 14.2 Å². The topological polar surface area (TPSA) is 72.9 Å². The Morgan fingerprint density at radius 3 is 2.60 bits per heavy atom. The van der Waals surface area contributed by atoms with Gasteiger partial charge >= 0.3 is 0 Å². The van der Waals surface area contributed by atoms with E-state index in [1.165, 1.54) is 11.0 Å². The maximum atomic E-state index is 12.3. The van der Waals surface area contributed by atoms with Crippen molar-refractivity contribution in [3.63, 3.8) is 0 Å². The van der Waals surface area contributed by atoms with Crippen LogP contribution in [-0.4, -0.2) is 55.6 Å². The van der Waals surface area contributed by atoms with Crippen molar-refractivity contribution >= 4 is 11.7 Å². The van der Waals surface area contributed by atoms with Crippen LogP contribution in [-0.2, 0) is 11.3 Å². The lowest BCUT2D eigenvalue weighted by Crippen LogP contribution is -2.35. The number of benzene rings is 1. The summed E-state index contributed by atoms with van der Waals surface area (Å²) in [6, 6.07) is 10.3. The average molecular weight is 423 g/mol. The molecule has 1 atom stereocenters. The van der Waals surface area contributed by atoms with Crippen LogP contribution in [0, 0.1) is 0 Å². The fraction of sp³-hybridized carbons (Fsp3) is 0.429. The first-order chi connectivity index (χ1) is 14.3. The lowest BCUT2D eigenvalue weighted by Gasteiger charge is -2.20. The predicted molar refractivity (Wildman–Crippen MR) is 109 cm³/mol. The van der Waals surface area contributed by atoms with Crippen molar-refractivity contribution < 1.29 is 27.8 Å². The van der Waals surface area contributed by atoms with Crippen molar-refractivity contribution in [3.8, 4) is 17.4 Å². The summed E-state index contributed by atoms with van der Waals surface area (Å²) in [6.07, 6.45) is -3.21. The number of ether oxygens (including phenoxy) is 3. The number of hydrogen-bond donors (Lipinski definition) is 1. The number of carbonyl (C=O) groups is 1. The van der Waals surface area contributed by atoms with Crippen LogP contribution in [0.4, 0.5) is 14.6 Å². The van der Waals surface area contributed by atoms with Crippen LogP contribution in [0.1, 0.15) is 19.4 Å². The highest BCUT2D eigenvalue weighted by molar-refractivity contribution is 5.80. The molecule has 1 N–H and O–H groups in total. The Morgan fingerprint density at radius 2 is 1.93 bits per heavy atom. The molecule has 164 valence electrons. The number of rotatable bonds is 11. The molecule has 7 nitrogen and oxygen atoms in total. The van der Waals surface area contributed by atoms with Crippen LogP contribution >= 0.6 is 0 Å². The minimum atomic E-state index is -2.56. The normalized spacial score (nSPS) is 11.7. The van der Waals surface area contributed by atoms with Gasteiger partial charge in [0.05, 0.1) is 6.61 Å². The number of amides is 1. The molecule has 1 aromatic heterocycles. The molecule has 2 rings (SSSR count). The zero-order chi connectivity index (χ0) is 22.1. The summed E-state index contributed by atoms with van der Waals surface area (Å²) in [6.45, 7) is 3.69. The second-order valence-electron chi connectivity index (χ2n) is 6.62. The highest BCUT2D eigenvalue weighted by atomic mass is 19.3. The number of nitrogens with zero attached hydrogens (tertiary/aromatic N) is 2. The molecule has 1 amide bonds. The first kappa shape index (κ1) is 23.2. The van der Waals surface area contributed by atoms with Crippen molar-refractivity contribution in [1.82, 2.24) is 9.88 Å². The highest BCUT2D eigenvalue weighted by Crippen LogP contribution is 2.30. The molecule has 30 heavy (non-hydrogen) atoms. The van der Waals surface area contributed by atoms with Gasteiger partial charge in [-0.1, -0.05) is 12.1 Å². The molecule has 2 aromatic rings. The van der Waals surface area contributed by atoms with Crippen LogP contribution in [0.15, 0.2) is 36.4 Å². The maximum absolute atomic E-state index is 12.3. The molecule has 0 fully saturated rings. The van der Waals surface area contributed by atoms with E-state index in [1.807, 2.05) is 19.1 Å². The summed E-state index contributed by atoms with van der Waals surface area (Å²) < 4.78 is 40.9. The third kappa shape index (κ3) is 7.06. The Morgan fingerprint density at radius 1 is 1.17 bits per heavy atom. The van der Waals surface area contributed by atoms with E-state index in [-0.39, 0.29) is 11.8 Å². The third-order valence-electron chi connectivity index (χ3n) is 3.95. The number of nitrogens with one attached hydrogen (secondary N) is 1. The Hall–Kier alpha value is -3.10. The Kier molecular flexibility index (Phi) is 8.64. The molecule has 9 heteroatoms. The van der Waals surface area contributed by atoms with E-state index in [2.05, 4.69) is 10.3 Å². The van der Waals surface area contributed by atoms with E-state index >= 15 is 0 Å². The van der Waals surface area contributed by atoms with Gasteiger partial charge in [0.2, 0.25) is 5.88 Å². The number of aromatic nitrogens is 1. The van der Waals surface area contributed by atoms with Crippen LogP contribution < -0.4 is 19.5 Å². The lowest BCUT2D eigenvalue weighted by atomic mass is 10.2. The van der Waals surface area contributed by atoms with Gasteiger partial charge < -0.3 is 24.4 Å². The highest BCUT2D eigenvalue weighted by Gasteiger charge is 2.18. The van der Waals surface area contributed by atoms with Gasteiger partial charge in [-0.05, 0) is 37.6 Å². The van der Waals surface area contributed by atoms with E-state index in [0.29, 0.717) is 30.5 Å². The number of pyridine rings is 1. The van der Waals surface area contributed by atoms with E-state index in [9.17, 15) is 13.6 Å². The van der Waals surface area contributed by atoms with Crippen LogP contribution in [0.3, 0.4) is 0 Å². The summed E-state index contributed by atoms with van der Waals surface area (Å²) in [7, 11) is 3.34. The molecule has 0 aliphatic rings. The summed E-state index contributed by atoms with van der Waals surface area (Å²) >= 11 is 0. The quantitative estimate of drug-likeness (QED) is 0.596. The van der Waals surface area contributed by atoms with Gasteiger partial charge in [-0.25, -0.2) is 8.78 Å². The number of anilines is 1. The van der Waals surface area contributed by atoms with Gasteiger partial charge in [0.25, 0.3) is 12.3 Å². The largest absolute Gasteiger partial charge is 0.490 e. The minimum absolute atomic E-state index is 0.124. The fourth-order valence-electron chi connectivity index (χ4n) is 2.57. The molecule has 1 aromatic carbocycles. The molecule has 0 aliphatic carbocycles. The molecule has 0 spiro atoms. The summed E-state index contributed by atoms with van der Waals surface area (Å²) in [5, 5.41) is 3.12. The van der Waals surface area contributed by atoms with Gasteiger partial charge in [0.1, 0.15) is 5.82 Å². The number of likely N-dealkylation sites (N-methyl/N-ethyl adjacent to an activating group) is 1. The monoisotopic (exact) mass is 423 g/mol. The fourth-order valence-corrected chi connectivity index (χ4v) is 2.57. The van der Waals surface area contributed by atoms with E-state index in [1.54, 1.807) is 39.2 Å². The molecule has 0 aliphatic heterocycles. The van der Waals surface area contributed by atoms with Crippen LogP contribution in [0.5, 0.6) is 17.4 Å². The molecule has 0 saturated carbocycles. The molecular weight excluding hydrogens is 396 g/mol. The van der Waals surface area contributed by atoms with Gasteiger partial charge in [-0.3, -0.25) is 4.79 Å². The van der Waals surface area contributed by atoms with Gasteiger partial charge in [0.15, 0.2) is 24.2 Å². The van der Waals surface area contributed by atoms with Crippen molar-refractivity contribution in [2.45, 2.75) is 32.9 Å².